The summed E-state index contributed by atoms with van der Waals surface area (Å²) >= 11 is 14.8. The van der Waals surface area contributed by atoms with Crippen LogP contribution in [-0.4, -0.2) is 9.91 Å². The van der Waals surface area contributed by atoms with Crippen molar-refractivity contribution in [3.05, 3.63) is 55.1 Å². The third-order valence-corrected chi connectivity index (χ3v) is 3.30. The van der Waals surface area contributed by atoms with E-state index < -0.39 is 4.92 Å². The summed E-state index contributed by atoms with van der Waals surface area (Å²) in [4.78, 5) is 14.3. The Hall–Kier alpha value is -1.37. The van der Waals surface area contributed by atoms with Crippen LogP contribution in [0.15, 0.2) is 34.9 Å². The lowest BCUT2D eigenvalue weighted by Crippen LogP contribution is -1.95. The van der Waals surface area contributed by atoms with Crippen LogP contribution in [0.2, 0.25) is 10.0 Å². The molecule has 2 rings (SSSR count). The summed E-state index contributed by atoms with van der Waals surface area (Å²) in [7, 11) is 0. The minimum Gasteiger partial charge on any atom is -0.432 e. The van der Waals surface area contributed by atoms with E-state index in [1.165, 1.54) is 12.3 Å². The van der Waals surface area contributed by atoms with Gasteiger partial charge in [-0.25, -0.2) is 4.98 Å². The van der Waals surface area contributed by atoms with Crippen LogP contribution in [-0.2, 0) is 0 Å². The van der Waals surface area contributed by atoms with Gasteiger partial charge in [-0.15, -0.1) is 0 Å². The molecule has 0 fully saturated rings. The van der Waals surface area contributed by atoms with E-state index in [0.717, 1.165) is 10.5 Å². The number of ether oxygens (including phenoxy) is 1. The monoisotopic (exact) mass is 362 g/mol. The van der Waals surface area contributed by atoms with Gasteiger partial charge in [-0.05, 0) is 22.0 Å². The highest BCUT2D eigenvalue weighted by molar-refractivity contribution is 9.10. The molecule has 0 radical (unpaired) electrons. The maximum Gasteiger partial charge on any atom is 0.313 e. The first-order valence-corrected chi connectivity index (χ1v) is 6.45. The first-order valence-electron chi connectivity index (χ1n) is 4.90. The van der Waals surface area contributed by atoms with Crippen molar-refractivity contribution < 1.29 is 9.66 Å². The second kappa shape index (κ2) is 5.73. The van der Waals surface area contributed by atoms with E-state index in [9.17, 15) is 10.1 Å². The van der Waals surface area contributed by atoms with Gasteiger partial charge in [0.2, 0.25) is 11.6 Å². The summed E-state index contributed by atoms with van der Waals surface area (Å²) < 4.78 is 6.11. The van der Waals surface area contributed by atoms with Crippen LogP contribution in [0.3, 0.4) is 0 Å². The molecule has 0 amide bonds. The zero-order valence-electron chi connectivity index (χ0n) is 9.14. The normalized spacial score (nSPS) is 10.3. The van der Waals surface area contributed by atoms with E-state index in [1.54, 1.807) is 12.1 Å². The summed E-state index contributed by atoms with van der Waals surface area (Å²) in [6, 6.07) is 5.69. The van der Waals surface area contributed by atoms with Crippen LogP contribution in [0.25, 0.3) is 0 Å². The highest BCUT2D eigenvalue weighted by Crippen LogP contribution is 2.37. The molecule has 1 aromatic heterocycles. The van der Waals surface area contributed by atoms with E-state index >= 15 is 0 Å². The number of nitro groups is 1. The van der Waals surface area contributed by atoms with Crippen molar-refractivity contribution in [2.75, 3.05) is 0 Å². The largest absolute Gasteiger partial charge is 0.432 e. The molecule has 0 unspecified atom stereocenters. The van der Waals surface area contributed by atoms with Crippen molar-refractivity contribution in [3.63, 3.8) is 0 Å². The van der Waals surface area contributed by atoms with Crippen molar-refractivity contribution in [1.82, 2.24) is 4.98 Å². The van der Waals surface area contributed by atoms with Gasteiger partial charge in [0, 0.05) is 28.9 Å². The van der Waals surface area contributed by atoms with Crippen molar-refractivity contribution in [2.24, 2.45) is 0 Å². The first-order chi connectivity index (χ1) is 8.97. The Morgan fingerprint density at radius 3 is 2.53 bits per heavy atom. The summed E-state index contributed by atoms with van der Waals surface area (Å²) in [5, 5.41) is 11.2. The molecule has 0 saturated carbocycles. The summed E-state index contributed by atoms with van der Waals surface area (Å²) in [6.07, 6.45) is 1.51. The van der Waals surface area contributed by atoms with E-state index in [1.807, 2.05) is 0 Å². The first kappa shape index (κ1) is 14.0. The maximum atomic E-state index is 10.9. The van der Waals surface area contributed by atoms with Gasteiger partial charge in [-0.2, -0.15) is 0 Å². The Bertz CT molecular complexity index is 635. The number of hydrogen-bond acceptors (Lipinski definition) is 4. The molecular weight excluding hydrogens is 359 g/mol. The molecule has 0 aliphatic rings. The quantitative estimate of drug-likeness (QED) is 0.577. The van der Waals surface area contributed by atoms with Crippen LogP contribution in [0.5, 0.6) is 11.6 Å². The van der Waals surface area contributed by atoms with E-state index in [4.69, 9.17) is 27.9 Å². The molecule has 0 N–H and O–H groups in total. The van der Waals surface area contributed by atoms with Gasteiger partial charge in [-0.1, -0.05) is 23.2 Å². The Morgan fingerprint density at radius 1 is 1.26 bits per heavy atom. The molecule has 5 nitrogen and oxygen atoms in total. The Labute approximate surface area is 126 Å². The molecule has 0 aliphatic carbocycles. The highest BCUT2D eigenvalue weighted by atomic mass is 79.9. The zero-order valence-corrected chi connectivity index (χ0v) is 12.2. The predicted octanol–water partition coefficient (Wildman–Crippen LogP) is 4.85. The number of nitrogens with zero attached hydrogens (tertiary/aromatic N) is 2. The minimum atomic E-state index is -0.601. The number of hydrogen-bond donors (Lipinski definition) is 0. The molecule has 0 saturated heterocycles. The Kier molecular flexibility index (Phi) is 4.24. The van der Waals surface area contributed by atoms with Gasteiger partial charge in [0.05, 0.1) is 15.0 Å². The fourth-order valence-electron chi connectivity index (χ4n) is 1.28. The molecule has 2 aromatic rings. The fourth-order valence-corrected chi connectivity index (χ4v) is 1.82. The third-order valence-electron chi connectivity index (χ3n) is 2.11. The smallest absolute Gasteiger partial charge is 0.313 e. The summed E-state index contributed by atoms with van der Waals surface area (Å²) in [5.41, 5.74) is -0.279. The molecular formula is C11H5BrCl2N2O3. The number of nitro benzene ring substituents is 1. The maximum absolute atomic E-state index is 10.9. The molecule has 98 valence electrons. The SMILES string of the molecule is O=[N+]([O-])c1cc(Cl)c(Cl)cc1Oc1ccc(Br)cn1. The minimum absolute atomic E-state index is 0.0192. The predicted molar refractivity (Wildman–Crippen MR) is 75.1 cm³/mol. The van der Waals surface area contributed by atoms with Crippen LogP contribution in [0.1, 0.15) is 0 Å². The molecule has 8 heteroatoms. The fraction of sp³-hybridized carbons (Fsp3) is 0. The number of aromatic nitrogens is 1. The van der Waals surface area contributed by atoms with E-state index in [0.29, 0.717) is 0 Å². The van der Waals surface area contributed by atoms with Crippen LogP contribution in [0.4, 0.5) is 5.69 Å². The number of benzene rings is 1. The number of pyridine rings is 1. The average molecular weight is 364 g/mol. The van der Waals surface area contributed by atoms with Crippen molar-refractivity contribution in [3.8, 4) is 11.6 Å². The second-order valence-electron chi connectivity index (χ2n) is 3.41. The Morgan fingerprint density at radius 2 is 1.95 bits per heavy atom. The molecule has 1 heterocycles. The lowest BCUT2D eigenvalue weighted by Gasteiger charge is -2.06. The summed E-state index contributed by atoms with van der Waals surface area (Å²) in [6.45, 7) is 0. The van der Waals surface area contributed by atoms with Crippen molar-refractivity contribution >= 4 is 44.8 Å². The van der Waals surface area contributed by atoms with Gasteiger partial charge >= 0.3 is 5.69 Å². The van der Waals surface area contributed by atoms with Gasteiger partial charge in [0.1, 0.15) is 0 Å². The molecule has 0 atom stereocenters. The van der Waals surface area contributed by atoms with E-state index in [2.05, 4.69) is 20.9 Å². The molecule has 0 bridgehead atoms. The van der Waals surface area contributed by atoms with Crippen LogP contribution in [0, 0.1) is 10.1 Å². The molecule has 0 aliphatic heterocycles. The molecule has 1 aromatic carbocycles. The highest BCUT2D eigenvalue weighted by Gasteiger charge is 2.19. The lowest BCUT2D eigenvalue weighted by atomic mass is 10.3. The second-order valence-corrected chi connectivity index (χ2v) is 5.14. The lowest BCUT2D eigenvalue weighted by molar-refractivity contribution is -0.385. The standard InChI is InChI=1S/C11H5BrCl2N2O3/c12-6-1-2-11(15-5-6)19-10-4-8(14)7(13)3-9(10)16(17)18/h1-5H. The van der Waals surface area contributed by atoms with Crippen molar-refractivity contribution in [1.29, 1.82) is 0 Å². The van der Waals surface area contributed by atoms with Gasteiger partial charge in [-0.3, -0.25) is 10.1 Å². The van der Waals surface area contributed by atoms with E-state index in [-0.39, 0.29) is 27.4 Å². The Balaban J connectivity index is 2.41. The van der Waals surface area contributed by atoms with Crippen molar-refractivity contribution in [2.45, 2.75) is 0 Å². The van der Waals surface area contributed by atoms with Gasteiger partial charge in [0.15, 0.2) is 0 Å². The topological polar surface area (TPSA) is 65.3 Å². The average Bonchev–Trinajstić information content (AvgIpc) is 2.36. The summed E-state index contributed by atoms with van der Waals surface area (Å²) in [5.74, 6) is 0.193. The number of halogens is 3. The van der Waals surface area contributed by atoms with Crippen LogP contribution < -0.4 is 4.74 Å². The molecule has 0 spiro atoms. The molecule has 19 heavy (non-hydrogen) atoms. The number of rotatable bonds is 3. The zero-order chi connectivity index (χ0) is 14.0. The third kappa shape index (κ3) is 3.34. The van der Waals surface area contributed by atoms with Gasteiger partial charge in [0.25, 0.3) is 0 Å². The van der Waals surface area contributed by atoms with Crippen LogP contribution >= 0.6 is 39.1 Å². The van der Waals surface area contributed by atoms with Gasteiger partial charge < -0.3 is 4.74 Å².